The van der Waals surface area contributed by atoms with Crippen molar-refractivity contribution in [2.24, 2.45) is 0 Å². The predicted molar refractivity (Wildman–Crippen MR) is 114 cm³/mol. The minimum absolute atomic E-state index is 0.0838. The number of nitrogens with zero attached hydrogens (tertiary/aromatic N) is 3. The van der Waals surface area contributed by atoms with Crippen LogP contribution in [-0.4, -0.2) is 28.4 Å². The third-order valence-electron chi connectivity index (χ3n) is 6.07. The molecule has 1 amide bonds. The summed E-state index contributed by atoms with van der Waals surface area (Å²) in [5, 5.41) is 11.5. The maximum atomic E-state index is 13.5. The second kappa shape index (κ2) is 6.84. The molecule has 2 aromatic carbocycles. The number of ether oxygens (including phenoxy) is 1. The van der Waals surface area contributed by atoms with Crippen molar-refractivity contribution >= 4 is 11.6 Å². The van der Waals surface area contributed by atoms with E-state index in [2.05, 4.69) is 15.4 Å². The number of carbonyl (C=O) groups is 1. The van der Waals surface area contributed by atoms with Crippen molar-refractivity contribution < 1.29 is 14.1 Å². The highest BCUT2D eigenvalue weighted by Crippen LogP contribution is 2.50. The van der Waals surface area contributed by atoms with Crippen molar-refractivity contribution in [1.82, 2.24) is 15.4 Å². The standard InChI is InChI=1S/C24H20N4O3/c1-30-19-5-3-2-4-17(19)23-20-21(15-6-7-15)25-26-22(20)24(29)28(23)16-10-8-14(9-11-16)18-12-13-31-27-18/h2-5,8-13,15,23H,6-7H2,1H3,(H,25,26). The Balaban J connectivity index is 1.49. The number of benzene rings is 2. The van der Waals surface area contributed by atoms with Crippen LogP contribution in [0.4, 0.5) is 5.69 Å². The number of anilines is 1. The number of methoxy groups -OCH3 is 1. The van der Waals surface area contributed by atoms with Crippen molar-refractivity contribution in [2.75, 3.05) is 12.0 Å². The van der Waals surface area contributed by atoms with E-state index >= 15 is 0 Å². The number of hydrogen-bond donors (Lipinski definition) is 1. The number of para-hydroxylation sites is 1. The van der Waals surface area contributed by atoms with Crippen LogP contribution in [0.25, 0.3) is 11.3 Å². The third kappa shape index (κ3) is 2.77. The van der Waals surface area contributed by atoms with Crippen molar-refractivity contribution in [3.05, 3.63) is 83.4 Å². The predicted octanol–water partition coefficient (Wildman–Crippen LogP) is 4.70. The number of aromatic nitrogens is 3. The van der Waals surface area contributed by atoms with Crippen molar-refractivity contribution in [3.63, 3.8) is 0 Å². The van der Waals surface area contributed by atoms with Gasteiger partial charge in [0.05, 0.1) is 18.8 Å². The van der Waals surface area contributed by atoms with E-state index in [9.17, 15) is 4.79 Å². The second-order valence-corrected chi connectivity index (χ2v) is 7.92. The summed E-state index contributed by atoms with van der Waals surface area (Å²) in [5.41, 5.74) is 5.97. The summed E-state index contributed by atoms with van der Waals surface area (Å²) in [6.07, 6.45) is 3.76. The molecule has 0 saturated heterocycles. The lowest BCUT2D eigenvalue weighted by Gasteiger charge is -2.27. The first kappa shape index (κ1) is 17.9. The maximum absolute atomic E-state index is 13.5. The number of H-pyrrole nitrogens is 1. The van der Waals surface area contributed by atoms with Gasteiger partial charge in [-0.1, -0.05) is 35.5 Å². The van der Waals surface area contributed by atoms with Gasteiger partial charge in [0.2, 0.25) is 0 Å². The number of carbonyl (C=O) groups excluding carboxylic acids is 1. The Bertz CT molecular complexity index is 1260. The van der Waals surface area contributed by atoms with Gasteiger partial charge in [-0.05, 0) is 31.0 Å². The van der Waals surface area contributed by atoms with Gasteiger partial charge >= 0.3 is 0 Å². The van der Waals surface area contributed by atoms with Gasteiger partial charge in [0.25, 0.3) is 5.91 Å². The molecular weight excluding hydrogens is 392 g/mol. The van der Waals surface area contributed by atoms with Gasteiger partial charge < -0.3 is 9.26 Å². The molecule has 154 valence electrons. The van der Waals surface area contributed by atoms with E-state index in [0.717, 1.165) is 52.4 Å². The molecule has 31 heavy (non-hydrogen) atoms. The largest absolute Gasteiger partial charge is 0.496 e. The molecule has 2 aromatic heterocycles. The molecule has 1 aliphatic heterocycles. The normalized spacial score (nSPS) is 17.8. The highest BCUT2D eigenvalue weighted by Gasteiger charge is 2.46. The summed E-state index contributed by atoms with van der Waals surface area (Å²) in [6, 6.07) is 17.2. The Morgan fingerprint density at radius 1 is 1.10 bits per heavy atom. The number of hydrogen-bond acceptors (Lipinski definition) is 5. The van der Waals surface area contributed by atoms with Gasteiger partial charge in [0.1, 0.15) is 23.4 Å². The fraction of sp³-hybridized carbons (Fsp3) is 0.208. The first-order valence-electron chi connectivity index (χ1n) is 10.3. The SMILES string of the molecule is COc1ccccc1C1c2c(C3CC3)n[nH]c2C(=O)N1c1ccc(-c2ccon2)cc1. The summed E-state index contributed by atoms with van der Waals surface area (Å²) in [4.78, 5) is 15.4. The van der Waals surface area contributed by atoms with E-state index in [1.165, 1.54) is 0 Å². The molecule has 7 nitrogen and oxygen atoms in total. The zero-order valence-corrected chi connectivity index (χ0v) is 16.9. The molecule has 1 unspecified atom stereocenters. The van der Waals surface area contributed by atoms with Crippen LogP contribution in [0.2, 0.25) is 0 Å². The fourth-order valence-corrected chi connectivity index (χ4v) is 4.45. The van der Waals surface area contributed by atoms with E-state index in [4.69, 9.17) is 9.26 Å². The molecule has 1 saturated carbocycles. The molecule has 0 radical (unpaired) electrons. The first-order chi connectivity index (χ1) is 15.3. The zero-order valence-electron chi connectivity index (χ0n) is 16.9. The second-order valence-electron chi connectivity index (χ2n) is 7.92. The summed E-state index contributed by atoms with van der Waals surface area (Å²) < 4.78 is 10.6. The Morgan fingerprint density at radius 3 is 2.61 bits per heavy atom. The average Bonchev–Trinajstić information content (AvgIpc) is 3.23. The van der Waals surface area contributed by atoms with Gasteiger partial charge in [-0.25, -0.2) is 0 Å². The Hall–Kier alpha value is -3.87. The number of aromatic amines is 1. The van der Waals surface area contributed by atoms with Gasteiger partial charge in [-0.15, -0.1) is 0 Å². The van der Waals surface area contributed by atoms with Crippen LogP contribution >= 0.6 is 0 Å². The van der Waals surface area contributed by atoms with E-state index < -0.39 is 0 Å². The Morgan fingerprint density at radius 2 is 1.90 bits per heavy atom. The lowest BCUT2D eigenvalue weighted by molar-refractivity contribution is 0.0988. The molecule has 3 heterocycles. The highest BCUT2D eigenvalue weighted by atomic mass is 16.5. The van der Waals surface area contributed by atoms with Gasteiger partial charge in [-0.2, -0.15) is 5.10 Å². The van der Waals surface area contributed by atoms with Gasteiger partial charge in [-0.3, -0.25) is 14.8 Å². The molecule has 1 N–H and O–H groups in total. The zero-order chi connectivity index (χ0) is 20.9. The number of fused-ring (bicyclic) bond motifs is 1. The molecule has 7 heteroatoms. The topological polar surface area (TPSA) is 84.2 Å². The molecule has 1 atom stereocenters. The van der Waals surface area contributed by atoms with E-state index in [1.54, 1.807) is 13.4 Å². The minimum Gasteiger partial charge on any atom is -0.496 e. The molecule has 6 rings (SSSR count). The minimum atomic E-state index is -0.300. The van der Waals surface area contributed by atoms with Crippen LogP contribution in [0.15, 0.2) is 65.4 Å². The van der Waals surface area contributed by atoms with Crippen molar-refractivity contribution in [1.29, 1.82) is 0 Å². The van der Waals surface area contributed by atoms with Crippen LogP contribution in [-0.2, 0) is 0 Å². The molecule has 1 fully saturated rings. The number of nitrogens with one attached hydrogen (secondary N) is 1. The summed E-state index contributed by atoms with van der Waals surface area (Å²) in [5.74, 6) is 1.08. The lowest BCUT2D eigenvalue weighted by Crippen LogP contribution is -2.29. The van der Waals surface area contributed by atoms with Gasteiger partial charge in [0.15, 0.2) is 0 Å². The first-order valence-corrected chi connectivity index (χ1v) is 10.3. The summed E-state index contributed by atoms with van der Waals surface area (Å²) in [6.45, 7) is 0. The highest BCUT2D eigenvalue weighted by molar-refractivity contribution is 6.11. The van der Waals surface area contributed by atoms with E-state index in [0.29, 0.717) is 11.6 Å². The molecule has 0 bridgehead atoms. The summed E-state index contributed by atoms with van der Waals surface area (Å²) >= 11 is 0. The molecule has 0 spiro atoms. The number of amides is 1. The van der Waals surface area contributed by atoms with Gasteiger partial charge in [0, 0.05) is 34.4 Å². The molecule has 1 aliphatic carbocycles. The quantitative estimate of drug-likeness (QED) is 0.514. The molecular formula is C24H20N4O3. The van der Waals surface area contributed by atoms with Crippen molar-refractivity contribution in [2.45, 2.75) is 24.8 Å². The molecule has 4 aromatic rings. The average molecular weight is 412 g/mol. The monoisotopic (exact) mass is 412 g/mol. The van der Waals surface area contributed by atoms with E-state index in [1.807, 2.05) is 59.5 Å². The molecule has 2 aliphatic rings. The Labute approximate surface area is 178 Å². The van der Waals surface area contributed by atoms with E-state index in [-0.39, 0.29) is 11.9 Å². The lowest BCUT2D eigenvalue weighted by atomic mass is 9.96. The Kier molecular flexibility index (Phi) is 3.96. The van der Waals surface area contributed by atoms with Crippen molar-refractivity contribution in [3.8, 4) is 17.0 Å². The summed E-state index contributed by atoms with van der Waals surface area (Å²) in [7, 11) is 1.66. The van der Waals surface area contributed by atoms with Crippen LogP contribution in [0.3, 0.4) is 0 Å². The maximum Gasteiger partial charge on any atom is 0.277 e. The van der Waals surface area contributed by atoms with Crippen LogP contribution in [0.5, 0.6) is 5.75 Å². The van der Waals surface area contributed by atoms with Crippen LogP contribution in [0, 0.1) is 0 Å². The third-order valence-corrected chi connectivity index (χ3v) is 6.07. The fourth-order valence-electron chi connectivity index (χ4n) is 4.45. The smallest absolute Gasteiger partial charge is 0.277 e. The number of rotatable bonds is 5. The van der Waals surface area contributed by atoms with Crippen LogP contribution < -0.4 is 9.64 Å². The van der Waals surface area contributed by atoms with Crippen LogP contribution in [0.1, 0.15) is 52.1 Å².